The van der Waals surface area contributed by atoms with Crippen LogP contribution >= 0.6 is 15.9 Å². The summed E-state index contributed by atoms with van der Waals surface area (Å²) in [5.74, 6) is -0.957. The number of nitrogens with zero attached hydrogens (tertiary/aromatic N) is 4. The van der Waals surface area contributed by atoms with Crippen LogP contribution in [0.4, 0.5) is 10.3 Å². The summed E-state index contributed by atoms with van der Waals surface area (Å²) in [4.78, 5) is 32.4. The van der Waals surface area contributed by atoms with Crippen molar-refractivity contribution in [3.63, 3.8) is 0 Å². The van der Waals surface area contributed by atoms with Crippen molar-refractivity contribution in [3.8, 4) is 5.88 Å². The Morgan fingerprint density at radius 2 is 2.04 bits per heavy atom. The quantitative estimate of drug-likeness (QED) is 0.645. The highest BCUT2D eigenvalue weighted by Crippen LogP contribution is 2.40. The molecule has 0 bridgehead atoms. The second-order valence-corrected chi connectivity index (χ2v) is 7.70. The molecule has 1 aliphatic rings. The molecule has 3 aromatic rings. The third-order valence-electron chi connectivity index (χ3n) is 4.35. The Hall–Kier alpha value is -2.88. The Morgan fingerprint density at radius 3 is 2.71 bits per heavy atom. The fourth-order valence-electron chi connectivity index (χ4n) is 2.60. The molecule has 0 aliphatic heterocycles. The summed E-state index contributed by atoms with van der Waals surface area (Å²) in [5.41, 5.74) is -0.736. The summed E-state index contributed by atoms with van der Waals surface area (Å²) in [6.45, 7) is 1.60. The van der Waals surface area contributed by atoms with Crippen LogP contribution in [0.2, 0.25) is 0 Å². The zero-order chi connectivity index (χ0) is 19.9. The normalized spacial score (nSPS) is 14.7. The Balaban J connectivity index is 1.67. The van der Waals surface area contributed by atoms with Crippen molar-refractivity contribution < 1.29 is 13.9 Å². The SMILES string of the molecule is CC1(Oc2nn(CC(=O)Nc3ncc(F)cn3)c(=O)c3ccc(Br)cc23)CC1. The van der Waals surface area contributed by atoms with Crippen molar-refractivity contribution in [2.75, 3.05) is 5.32 Å². The van der Waals surface area contributed by atoms with Gasteiger partial charge < -0.3 is 4.74 Å². The van der Waals surface area contributed by atoms with Gasteiger partial charge in [-0.3, -0.25) is 14.9 Å². The maximum Gasteiger partial charge on any atom is 0.275 e. The lowest BCUT2D eigenvalue weighted by atomic mass is 10.2. The molecule has 0 saturated heterocycles. The van der Waals surface area contributed by atoms with E-state index in [4.69, 9.17) is 4.74 Å². The number of hydrogen-bond donors (Lipinski definition) is 1. The van der Waals surface area contributed by atoms with Gasteiger partial charge in [0.25, 0.3) is 5.56 Å². The van der Waals surface area contributed by atoms with E-state index in [1.165, 1.54) is 0 Å². The van der Waals surface area contributed by atoms with Crippen molar-refractivity contribution in [1.29, 1.82) is 0 Å². The van der Waals surface area contributed by atoms with E-state index in [1.54, 1.807) is 18.2 Å². The smallest absolute Gasteiger partial charge is 0.275 e. The maximum atomic E-state index is 12.9. The zero-order valence-electron chi connectivity index (χ0n) is 14.8. The lowest BCUT2D eigenvalue weighted by Crippen LogP contribution is -2.31. The number of benzene rings is 1. The number of ether oxygens (including phenoxy) is 1. The molecule has 144 valence electrons. The number of carbonyl (C=O) groups is 1. The number of fused-ring (bicyclic) bond motifs is 1. The largest absolute Gasteiger partial charge is 0.470 e. The minimum Gasteiger partial charge on any atom is -0.470 e. The van der Waals surface area contributed by atoms with Gasteiger partial charge in [-0.1, -0.05) is 15.9 Å². The molecule has 2 aromatic heterocycles. The average Bonchev–Trinajstić information content (AvgIpc) is 3.38. The molecule has 0 radical (unpaired) electrons. The summed E-state index contributed by atoms with van der Waals surface area (Å²) in [6, 6.07) is 5.16. The van der Waals surface area contributed by atoms with Gasteiger partial charge in [-0.15, -0.1) is 5.10 Å². The van der Waals surface area contributed by atoms with E-state index >= 15 is 0 Å². The first-order chi connectivity index (χ1) is 13.3. The Morgan fingerprint density at radius 1 is 1.32 bits per heavy atom. The number of anilines is 1. The molecule has 1 aromatic carbocycles. The molecule has 1 amide bonds. The fourth-order valence-corrected chi connectivity index (χ4v) is 2.96. The van der Waals surface area contributed by atoms with Gasteiger partial charge >= 0.3 is 0 Å². The zero-order valence-corrected chi connectivity index (χ0v) is 16.4. The van der Waals surface area contributed by atoms with Crippen LogP contribution in [0.1, 0.15) is 19.8 Å². The number of amides is 1. The van der Waals surface area contributed by atoms with E-state index in [0.717, 1.165) is 34.4 Å². The summed E-state index contributed by atoms with van der Waals surface area (Å²) in [6.07, 6.45) is 3.66. The molecule has 28 heavy (non-hydrogen) atoms. The van der Waals surface area contributed by atoms with E-state index in [1.807, 2.05) is 6.92 Å². The highest BCUT2D eigenvalue weighted by atomic mass is 79.9. The third-order valence-corrected chi connectivity index (χ3v) is 4.84. The lowest BCUT2D eigenvalue weighted by molar-refractivity contribution is -0.117. The number of rotatable bonds is 5. The van der Waals surface area contributed by atoms with E-state index in [2.05, 4.69) is 36.3 Å². The van der Waals surface area contributed by atoms with Crippen molar-refractivity contribution in [1.82, 2.24) is 19.7 Å². The van der Waals surface area contributed by atoms with Crippen molar-refractivity contribution in [2.24, 2.45) is 0 Å². The molecule has 1 N–H and O–H groups in total. The number of hydrogen-bond acceptors (Lipinski definition) is 6. The molecule has 8 nitrogen and oxygen atoms in total. The molecule has 2 heterocycles. The van der Waals surface area contributed by atoms with Crippen molar-refractivity contribution >= 4 is 38.6 Å². The first-order valence-corrected chi connectivity index (χ1v) is 9.29. The van der Waals surface area contributed by atoms with Gasteiger partial charge in [0.1, 0.15) is 12.1 Å². The number of carbonyl (C=O) groups excluding carboxylic acids is 1. The number of nitrogens with one attached hydrogen (secondary N) is 1. The molecular formula is C18H15BrFN5O3. The number of aromatic nitrogens is 4. The van der Waals surface area contributed by atoms with Gasteiger partial charge in [0.2, 0.25) is 17.7 Å². The second-order valence-electron chi connectivity index (χ2n) is 6.78. The Labute approximate surface area is 166 Å². The molecule has 0 unspecified atom stereocenters. The van der Waals surface area contributed by atoms with Crippen molar-refractivity contribution in [3.05, 3.63) is 51.2 Å². The van der Waals surface area contributed by atoms with Crippen LogP contribution in [0.5, 0.6) is 5.88 Å². The van der Waals surface area contributed by atoms with Gasteiger partial charge in [0.15, 0.2) is 5.82 Å². The van der Waals surface area contributed by atoms with Crippen molar-refractivity contribution in [2.45, 2.75) is 31.9 Å². The average molecular weight is 448 g/mol. The molecule has 1 saturated carbocycles. The highest BCUT2D eigenvalue weighted by molar-refractivity contribution is 9.10. The van der Waals surface area contributed by atoms with Crippen LogP contribution in [0.25, 0.3) is 10.8 Å². The van der Waals surface area contributed by atoms with Crippen LogP contribution in [-0.4, -0.2) is 31.3 Å². The van der Waals surface area contributed by atoms with Crippen LogP contribution in [0, 0.1) is 5.82 Å². The molecule has 1 aliphatic carbocycles. The summed E-state index contributed by atoms with van der Waals surface area (Å²) < 4.78 is 20.7. The van der Waals surface area contributed by atoms with Crippen LogP contribution < -0.4 is 15.6 Å². The van der Waals surface area contributed by atoms with Gasteiger partial charge in [0.05, 0.1) is 23.2 Å². The molecular weight excluding hydrogens is 433 g/mol. The minimum absolute atomic E-state index is 0.0638. The summed E-state index contributed by atoms with van der Waals surface area (Å²) in [7, 11) is 0. The van der Waals surface area contributed by atoms with Gasteiger partial charge in [-0.2, -0.15) is 0 Å². The molecule has 1 fully saturated rings. The fraction of sp³-hybridized carbons (Fsp3) is 0.278. The predicted molar refractivity (Wildman–Crippen MR) is 103 cm³/mol. The summed E-state index contributed by atoms with van der Waals surface area (Å²) in [5, 5.41) is 7.64. The molecule has 0 spiro atoms. The number of halogens is 2. The third kappa shape index (κ3) is 3.86. The van der Waals surface area contributed by atoms with E-state index in [0.29, 0.717) is 16.7 Å². The standard InChI is InChI=1S/C18H15BrFN5O3/c1-18(4-5-18)28-15-13-6-10(19)2-3-12(13)16(27)25(24-15)9-14(26)23-17-21-7-11(20)8-22-17/h2-3,6-8H,4-5,9H2,1H3,(H,21,22,23,26). The van der Waals surface area contributed by atoms with Crippen LogP contribution in [0.15, 0.2) is 39.9 Å². The molecule has 4 rings (SSSR count). The van der Waals surface area contributed by atoms with Gasteiger partial charge in [-0.05, 0) is 38.0 Å². The topological polar surface area (TPSA) is 99.0 Å². The molecule has 10 heteroatoms. The lowest BCUT2D eigenvalue weighted by Gasteiger charge is -2.16. The Kier molecular flexibility index (Phi) is 4.58. The van der Waals surface area contributed by atoms with E-state index in [9.17, 15) is 14.0 Å². The van der Waals surface area contributed by atoms with E-state index < -0.39 is 17.3 Å². The highest BCUT2D eigenvalue weighted by Gasteiger charge is 2.41. The maximum absolute atomic E-state index is 12.9. The van der Waals surface area contributed by atoms with Crippen LogP contribution in [0.3, 0.4) is 0 Å². The van der Waals surface area contributed by atoms with E-state index in [-0.39, 0.29) is 18.1 Å². The Bertz CT molecular complexity index is 1130. The van der Waals surface area contributed by atoms with Gasteiger partial charge in [-0.25, -0.2) is 19.0 Å². The molecule has 0 atom stereocenters. The second kappa shape index (κ2) is 6.93. The predicted octanol–water partition coefficient (Wildman–Crippen LogP) is 2.66. The summed E-state index contributed by atoms with van der Waals surface area (Å²) >= 11 is 3.39. The minimum atomic E-state index is -0.619. The first-order valence-electron chi connectivity index (χ1n) is 8.50. The first kappa shape index (κ1) is 18.5. The van der Waals surface area contributed by atoms with Crippen LogP contribution in [-0.2, 0) is 11.3 Å². The monoisotopic (exact) mass is 447 g/mol. The van der Waals surface area contributed by atoms with Gasteiger partial charge in [0, 0.05) is 4.47 Å².